The van der Waals surface area contributed by atoms with E-state index in [-0.39, 0.29) is 5.43 Å². The second-order valence-corrected chi connectivity index (χ2v) is 10.4. The van der Waals surface area contributed by atoms with Gasteiger partial charge in [-0.2, -0.15) is 0 Å². The van der Waals surface area contributed by atoms with Crippen LogP contribution in [0.15, 0.2) is 131 Å². The van der Waals surface area contributed by atoms with Crippen LogP contribution in [-0.4, -0.2) is 0 Å². The molecule has 2 nitrogen and oxygen atoms in total. The van der Waals surface area contributed by atoms with Crippen LogP contribution in [0.4, 0.5) is 0 Å². The summed E-state index contributed by atoms with van der Waals surface area (Å²) < 4.78 is 6.46. The summed E-state index contributed by atoms with van der Waals surface area (Å²) in [5, 5.41) is 8.02. The zero-order valence-corrected chi connectivity index (χ0v) is 20.9. The van der Waals surface area contributed by atoms with Crippen molar-refractivity contribution in [3.8, 4) is 33.4 Å². The number of hydrogen-bond donors (Lipinski definition) is 0. The van der Waals surface area contributed by atoms with Gasteiger partial charge in [0.1, 0.15) is 11.2 Å². The average molecular weight is 497 g/mol. The summed E-state index contributed by atoms with van der Waals surface area (Å²) in [5.74, 6) is 0. The molecule has 39 heavy (non-hydrogen) atoms. The lowest BCUT2D eigenvalue weighted by Gasteiger charge is -2.13. The van der Waals surface area contributed by atoms with Crippen LogP contribution >= 0.6 is 0 Å². The highest BCUT2D eigenvalue weighted by Gasteiger charge is 2.28. The fraction of sp³-hybridized carbons (Fsp3) is 0. The maximum Gasteiger partial charge on any atom is 0.194 e. The first kappa shape index (κ1) is 20.8. The Kier molecular flexibility index (Phi) is 3.96. The topological polar surface area (TPSA) is 30.2 Å². The second-order valence-electron chi connectivity index (χ2n) is 10.4. The first-order chi connectivity index (χ1) is 19.3. The molecule has 0 N–H and O–H groups in total. The van der Waals surface area contributed by atoms with Crippen LogP contribution in [0, 0.1) is 0 Å². The molecule has 0 atom stereocenters. The van der Waals surface area contributed by atoms with Crippen molar-refractivity contribution >= 4 is 54.3 Å². The summed E-state index contributed by atoms with van der Waals surface area (Å²) in [6.45, 7) is 0. The van der Waals surface area contributed by atoms with E-state index < -0.39 is 0 Å². The third-order valence-corrected chi connectivity index (χ3v) is 8.37. The van der Waals surface area contributed by atoms with Crippen LogP contribution in [0.1, 0.15) is 0 Å². The molecule has 0 amide bonds. The van der Waals surface area contributed by atoms with Gasteiger partial charge in [-0.15, -0.1) is 0 Å². The summed E-state index contributed by atoms with van der Waals surface area (Å²) in [7, 11) is 0. The zero-order chi connectivity index (χ0) is 25.7. The maximum atomic E-state index is 13.8. The Hall–Kier alpha value is -5.21. The normalized spacial score (nSPS) is 12.2. The Morgan fingerprint density at radius 3 is 2.00 bits per heavy atom. The summed E-state index contributed by atoms with van der Waals surface area (Å²) in [6, 6.07) is 41.8. The van der Waals surface area contributed by atoms with Crippen molar-refractivity contribution in [3.05, 3.63) is 132 Å². The molecule has 8 aromatic rings. The fourth-order valence-corrected chi connectivity index (χ4v) is 6.67. The van der Waals surface area contributed by atoms with Crippen LogP contribution in [0.2, 0.25) is 0 Å². The molecule has 1 aromatic heterocycles. The van der Waals surface area contributed by atoms with Gasteiger partial charge in [-0.1, -0.05) is 103 Å². The smallest absolute Gasteiger partial charge is 0.194 e. The standard InChI is InChI=1S/C37H20O2/c38-37-25-10-2-1-7-21(25)15-16-22-17-18-24(19-29(22)37)34-35-28-13-6-9-23-8-5-12-26(33(23)28)30(35)20-32-36(34)27-11-3-4-14-31(27)39-32/h1-20H. The van der Waals surface area contributed by atoms with Gasteiger partial charge in [0, 0.05) is 27.1 Å². The maximum absolute atomic E-state index is 13.8. The quantitative estimate of drug-likeness (QED) is 0.226. The predicted octanol–water partition coefficient (Wildman–Crippen LogP) is 9.72. The minimum absolute atomic E-state index is 0.0544. The minimum atomic E-state index is 0.0544. The number of para-hydroxylation sites is 1. The van der Waals surface area contributed by atoms with E-state index in [1.807, 2.05) is 42.5 Å². The van der Waals surface area contributed by atoms with Crippen molar-refractivity contribution in [3.63, 3.8) is 0 Å². The molecule has 9 rings (SSSR count). The van der Waals surface area contributed by atoms with Crippen molar-refractivity contribution < 1.29 is 4.42 Å². The van der Waals surface area contributed by atoms with Crippen molar-refractivity contribution in [1.29, 1.82) is 0 Å². The molecule has 0 aliphatic heterocycles. The van der Waals surface area contributed by atoms with Gasteiger partial charge in [-0.05, 0) is 67.6 Å². The van der Waals surface area contributed by atoms with Crippen molar-refractivity contribution in [2.24, 2.45) is 0 Å². The molecule has 180 valence electrons. The van der Waals surface area contributed by atoms with E-state index in [2.05, 4.69) is 78.9 Å². The molecule has 1 heterocycles. The molecule has 7 aromatic carbocycles. The Morgan fingerprint density at radius 2 is 1.13 bits per heavy atom. The van der Waals surface area contributed by atoms with Crippen molar-refractivity contribution in [2.45, 2.75) is 0 Å². The van der Waals surface area contributed by atoms with Gasteiger partial charge in [-0.25, -0.2) is 0 Å². The molecule has 0 spiro atoms. The number of rotatable bonds is 1. The van der Waals surface area contributed by atoms with E-state index in [9.17, 15) is 4.79 Å². The molecule has 0 radical (unpaired) electrons. The van der Waals surface area contributed by atoms with E-state index in [1.165, 1.54) is 33.0 Å². The Balaban J connectivity index is 1.49. The highest BCUT2D eigenvalue weighted by molar-refractivity contribution is 6.26. The molecular formula is C37H20O2. The molecule has 1 aliphatic rings. The number of fused-ring (bicyclic) bond motifs is 8. The monoisotopic (exact) mass is 496 g/mol. The third-order valence-electron chi connectivity index (χ3n) is 8.37. The van der Waals surface area contributed by atoms with Crippen LogP contribution in [0.25, 0.3) is 87.6 Å². The largest absolute Gasteiger partial charge is 0.456 e. The van der Waals surface area contributed by atoms with E-state index in [0.717, 1.165) is 54.6 Å². The SMILES string of the molecule is O=c1c2ccccc2ccc2ccc(-c3c4c(cc5oc6ccccc6c35)-c3cccc5cccc-4c35)cc12. The first-order valence-electron chi connectivity index (χ1n) is 13.2. The first-order valence-corrected chi connectivity index (χ1v) is 13.2. The minimum Gasteiger partial charge on any atom is -0.456 e. The highest BCUT2D eigenvalue weighted by Crippen LogP contribution is 2.54. The van der Waals surface area contributed by atoms with Gasteiger partial charge in [0.25, 0.3) is 0 Å². The lowest BCUT2D eigenvalue weighted by Crippen LogP contribution is -1.98. The zero-order valence-electron chi connectivity index (χ0n) is 20.9. The molecule has 0 unspecified atom stereocenters. The summed E-state index contributed by atoms with van der Waals surface area (Å²) in [4.78, 5) is 13.8. The van der Waals surface area contributed by atoms with Gasteiger partial charge in [0.05, 0.1) is 0 Å². The average Bonchev–Trinajstić information content (AvgIpc) is 3.47. The van der Waals surface area contributed by atoms with Crippen LogP contribution < -0.4 is 5.43 Å². The fourth-order valence-electron chi connectivity index (χ4n) is 6.67. The summed E-state index contributed by atoms with van der Waals surface area (Å²) in [6.07, 6.45) is 0. The molecule has 0 bridgehead atoms. The van der Waals surface area contributed by atoms with Gasteiger partial charge < -0.3 is 4.42 Å². The lowest BCUT2D eigenvalue weighted by atomic mass is 9.88. The Bertz CT molecular complexity index is 2400. The van der Waals surface area contributed by atoms with Gasteiger partial charge >= 0.3 is 0 Å². The Morgan fingerprint density at radius 1 is 0.436 bits per heavy atom. The molecule has 0 fully saturated rings. The van der Waals surface area contributed by atoms with Crippen LogP contribution in [0.3, 0.4) is 0 Å². The number of furan rings is 1. The van der Waals surface area contributed by atoms with Gasteiger partial charge in [-0.3, -0.25) is 4.79 Å². The third kappa shape index (κ3) is 2.73. The highest BCUT2D eigenvalue weighted by atomic mass is 16.3. The lowest BCUT2D eigenvalue weighted by molar-refractivity contribution is 0.669. The molecule has 0 saturated carbocycles. The molecule has 2 heteroatoms. The number of benzene rings is 6. The van der Waals surface area contributed by atoms with E-state index >= 15 is 0 Å². The van der Waals surface area contributed by atoms with E-state index in [4.69, 9.17) is 4.42 Å². The van der Waals surface area contributed by atoms with Gasteiger partial charge in [0.15, 0.2) is 5.43 Å². The van der Waals surface area contributed by atoms with Crippen molar-refractivity contribution in [2.75, 3.05) is 0 Å². The van der Waals surface area contributed by atoms with Crippen LogP contribution in [0.5, 0.6) is 0 Å². The van der Waals surface area contributed by atoms with Crippen LogP contribution in [-0.2, 0) is 0 Å². The Labute approximate surface area is 223 Å². The molecule has 1 aliphatic carbocycles. The van der Waals surface area contributed by atoms with Gasteiger partial charge in [0.2, 0.25) is 0 Å². The molecular weight excluding hydrogens is 476 g/mol. The second kappa shape index (κ2) is 7.43. The van der Waals surface area contributed by atoms with Crippen molar-refractivity contribution in [1.82, 2.24) is 0 Å². The summed E-state index contributed by atoms with van der Waals surface area (Å²) >= 11 is 0. The van der Waals surface area contributed by atoms with E-state index in [1.54, 1.807) is 0 Å². The van der Waals surface area contributed by atoms with E-state index in [0.29, 0.717) is 0 Å². The number of hydrogen-bond acceptors (Lipinski definition) is 2. The molecule has 0 saturated heterocycles. The summed E-state index contributed by atoms with van der Waals surface area (Å²) in [5.41, 5.74) is 8.76. The predicted molar refractivity (Wildman–Crippen MR) is 162 cm³/mol.